The molecule has 0 spiro atoms. The van der Waals surface area contributed by atoms with Crippen LogP contribution in [-0.2, 0) is 9.53 Å². The van der Waals surface area contributed by atoms with Crippen LogP contribution in [-0.4, -0.2) is 18.6 Å². The summed E-state index contributed by atoms with van der Waals surface area (Å²) in [5.74, 6) is -2.75. The maximum Gasteiger partial charge on any atom is 0.306 e. The van der Waals surface area contributed by atoms with Gasteiger partial charge in [-0.2, -0.15) is 0 Å². The van der Waals surface area contributed by atoms with Gasteiger partial charge in [0.2, 0.25) is 0 Å². The number of carbonyl (C=O) groups is 1. The standard InChI is InChI=1S/C13H17F2NO2/c1-13(2,16)8(7-11(17)18-3)12-9(14)5-4-6-10(12)15/h4-6,8H,7,16H2,1-3H3. The molecule has 1 aromatic carbocycles. The molecule has 0 saturated heterocycles. The van der Waals surface area contributed by atoms with Crippen LogP contribution >= 0.6 is 0 Å². The smallest absolute Gasteiger partial charge is 0.306 e. The first-order chi connectivity index (χ1) is 8.27. The highest BCUT2D eigenvalue weighted by Crippen LogP contribution is 2.33. The minimum Gasteiger partial charge on any atom is -0.469 e. The van der Waals surface area contributed by atoms with Gasteiger partial charge in [0, 0.05) is 17.0 Å². The van der Waals surface area contributed by atoms with E-state index in [1.54, 1.807) is 13.8 Å². The zero-order valence-electron chi connectivity index (χ0n) is 10.7. The van der Waals surface area contributed by atoms with Crippen molar-refractivity contribution in [3.63, 3.8) is 0 Å². The Morgan fingerprint density at radius 3 is 2.28 bits per heavy atom. The number of halogens is 2. The van der Waals surface area contributed by atoms with Crippen molar-refractivity contribution < 1.29 is 18.3 Å². The van der Waals surface area contributed by atoms with Crippen LogP contribution in [0.4, 0.5) is 8.78 Å². The van der Waals surface area contributed by atoms with E-state index in [1.807, 2.05) is 0 Å². The molecule has 1 rings (SSSR count). The van der Waals surface area contributed by atoms with Crippen LogP contribution in [0, 0.1) is 11.6 Å². The molecule has 0 fully saturated rings. The Bertz CT molecular complexity index is 421. The van der Waals surface area contributed by atoms with E-state index in [-0.39, 0.29) is 12.0 Å². The summed E-state index contributed by atoms with van der Waals surface area (Å²) in [4.78, 5) is 11.3. The molecular formula is C13H17F2NO2. The summed E-state index contributed by atoms with van der Waals surface area (Å²) in [6, 6.07) is 3.57. The Morgan fingerprint density at radius 1 is 1.39 bits per heavy atom. The summed E-state index contributed by atoms with van der Waals surface area (Å²) >= 11 is 0. The van der Waals surface area contributed by atoms with Gasteiger partial charge in [-0.15, -0.1) is 0 Å². The minimum atomic E-state index is -0.947. The maximum absolute atomic E-state index is 13.7. The van der Waals surface area contributed by atoms with E-state index < -0.39 is 29.1 Å². The molecule has 3 nitrogen and oxygen atoms in total. The molecule has 5 heteroatoms. The van der Waals surface area contributed by atoms with E-state index in [4.69, 9.17) is 5.73 Å². The van der Waals surface area contributed by atoms with Crippen molar-refractivity contribution in [1.29, 1.82) is 0 Å². The van der Waals surface area contributed by atoms with Crippen molar-refractivity contribution in [2.45, 2.75) is 31.7 Å². The summed E-state index contributed by atoms with van der Waals surface area (Å²) in [6.07, 6.45) is -0.169. The number of carbonyl (C=O) groups excluding carboxylic acids is 1. The molecule has 1 atom stereocenters. The number of hydrogen-bond acceptors (Lipinski definition) is 3. The lowest BCUT2D eigenvalue weighted by molar-refractivity contribution is -0.141. The van der Waals surface area contributed by atoms with Gasteiger partial charge in [0.25, 0.3) is 0 Å². The largest absolute Gasteiger partial charge is 0.469 e. The average molecular weight is 257 g/mol. The van der Waals surface area contributed by atoms with Gasteiger partial charge in [-0.1, -0.05) is 6.07 Å². The summed E-state index contributed by atoms with van der Waals surface area (Å²) in [6.45, 7) is 3.24. The molecule has 0 amide bonds. The van der Waals surface area contributed by atoms with E-state index in [0.29, 0.717) is 0 Å². The normalized spacial score (nSPS) is 13.2. The van der Waals surface area contributed by atoms with Gasteiger partial charge in [-0.3, -0.25) is 4.79 Å². The van der Waals surface area contributed by atoms with E-state index in [2.05, 4.69) is 4.74 Å². The predicted molar refractivity (Wildman–Crippen MR) is 64.0 cm³/mol. The Kier molecular flexibility index (Phi) is 4.40. The molecule has 2 N–H and O–H groups in total. The van der Waals surface area contributed by atoms with Crippen molar-refractivity contribution >= 4 is 5.97 Å². The lowest BCUT2D eigenvalue weighted by atomic mass is 9.80. The molecule has 18 heavy (non-hydrogen) atoms. The lowest BCUT2D eigenvalue weighted by Gasteiger charge is -2.30. The zero-order valence-corrected chi connectivity index (χ0v) is 10.7. The summed E-state index contributed by atoms with van der Waals surface area (Å²) in [5, 5.41) is 0. The van der Waals surface area contributed by atoms with Gasteiger partial charge in [0.1, 0.15) is 11.6 Å². The predicted octanol–water partition coefficient (Wildman–Crippen LogP) is 2.35. The SMILES string of the molecule is COC(=O)CC(c1c(F)cccc1F)C(C)(C)N. The van der Waals surface area contributed by atoms with Gasteiger partial charge >= 0.3 is 5.97 Å². The zero-order chi connectivity index (χ0) is 13.9. The van der Waals surface area contributed by atoms with Crippen LogP contribution in [0.2, 0.25) is 0 Å². The van der Waals surface area contributed by atoms with Gasteiger partial charge in [0.15, 0.2) is 0 Å². The summed E-state index contributed by atoms with van der Waals surface area (Å²) < 4.78 is 32.0. The molecule has 0 aliphatic heterocycles. The van der Waals surface area contributed by atoms with Crippen LogP contribution in [0.5, 0.6) is 0 Å². The van der Waals surface area contributed by atoms with Crippen LogP contribution < -0.4 is 5.73 Å². The summed E-state index contributed by atoms with van der Waals surface area (Å²) in [5.41, 5.74) is 4.79. The maximum atomic E-state index is 13.7. The fourth-order valence-electron chi connectivity index (χ4n) is 1.83. The third kappa shape index (κ3) is 3.26. The van der Waals surface area contributed by atoms with E-state index in [1.165, 1.54) is 13.2 Å². The number of esters is 1. The number of benzene rings is 1. The van der Waals surface area contributed by atoms with Gasteiger partial charge in [0.05, 0.1) is 13.5 Å². The van der Waals surface area contributed by atoms with Crippen molar-refractivity contribution in [2.75, 3.05) is 7.11 Å². The molecule has 0 aliphatic carbocycles. The number of nitrogens with two attached hydrogens (primary N) is 1. The Labute approximate surface area is 105 Å². The van der Waals surface area contributed by atoms with E-state index in [0.717, 1.165) is 12.1 Å². The first-order valence-electron chi connectivity index (χ1n) is 5.57. The Hall–Kier alpha value is -1.49. The van der Waals surface area contributed by atoms with Crippen LogP contribution in [0.1, 0.15) is 31.7 Å². The highest BCUT2D eigenvalue weighted by molar-refractivity contribution is 5.70. The second-order valence-corrected chi connectivity index (χ2v) is 4.79. The van der Waals surface area contributed by atoms with E-state index in [9.17, 15) is 13.6 Å². The Morgan fingerprint density at radius 2 is 1.89 bits per heavy atom. The van der Waals surface area contributed by atoms with Crippen molar-refractivity contribution in [3.05, 3.63) is 35.4 Å². The Balaban J connectivity index is 3.22. The first kappa shape index (κ1) is 14.6. The number of rotatable bonds is 4. The molecule has 100 valence electrons. The monoisotopic (exact) mass is 257 g/mol. The molecule has 0 radical (unpaired) electrons. The van der Waals surface area contributed by atoms with Crippen molar-refractivity contribution in [1.82, 2.24) is 0 Å². The van der Waals surface area contributed by atoms with Crippen LogP contribution in [0.3, 0.4) is 0 Å². The van der Waals surface area contributed by atoms with Gasteiger partial charge in [-0.05, 0) is 26.0 Å². The second-order valence-electron chi connectivity index (χ2n) is 4.79. The van der Waals surface area contributed by atoms with E-state index >= 15 is 0 Å². The first-order valence-corrected chi connectivity index (χ1v) is 5.57. The molecule has 0 heterocycles. The van der Waals surface area contributed by atoms with Gasteiger partial charge < -0.3 is 10.5 Å². The molecule has 1 aromatic rings. The average Bonchev–Trinajstić information content (AvgIpc) is 2.25. The molecule has 1 unspecified atom stereocenters. The lowest BCUT2D eigenvalue weighted by Crippen LogP contribution is -2.41. The fourth-order valence-corrected chi connectivity index (χ4v) is 1.83. The second kappa shape index (κ2) is 5.44. The highest BCUT2D eigenvalue weighted by Gasteiger charge is 2.33. The van der Waals surface area contributed by atoms with Crippen molar-refractivity contribution in [3.8, 4) is 0 Å². The van der Waals surface area contributed by atoms with Crippen LogP contribution in [0.15, 0.2) is 18.2 Å². The number of ether oxygens (including phenoxy) is 1. The highest BCUT2D eigenvalue weighted by atomic mass is 19.1. The fraction of sp³-hybridized carbons (Fsp3) is 0.462. The minimum absolute atomic E-state index is 0.169. The molecule has 0 aliphatic rings. The quantitative estimate of drug-likeness (QED) is 0.842. The third-order valence-corrected chi connectivity index (χ3v) is 2.84. The topological polar surface area (TPSA) is 52.3 Å². The molecule has 0 bridgehead atoms. The van der Waals surface area contributed by atoms with Gasteiger partial charge in [-0.25, -0.2) is 8.78 Å². The number of hydrogen-bond donors (Lipinski definition) is 1. The third-order valence-electron chi connectivity index (χ3n) is 2.84. The molecule has 0 aromatic heterocycles. The molecular weight excluding hydrogens is 240 g/mol. The van der Waals surface area contributed by atoms with Crippen LogP contribution in [0.25, 0.3) is 0 Å². The molecule has 0 saturated carbocycles. The number of methoxy groups -OCH3 is 1. The summed E-state index contributed by atoms with van der Waals surface area (Å²) in [7, 11) is 1.22. The van der Waals surface area contributed by atoms with Crippen molar-refractivity contribution in [2.24, 2.45) is 5.73 Å².